The van der Waals surface area contributed by atoms with Gasteiger partial charge in [0.15, 0.2) is 5.82 Å². The number of fused-ring (bicyclic) bond motifs is 2. The minimum Gasteiger partial charge on any atom is -0.393 e. The molecule has 3 aromatic heterocycles. The summed E-state index contributed by atoms with van der Waals surface area (Å²) in [6.07, 6.45) is 3.59. The standard InChI is InChI=1S/C29H28N6O3/c30-28-27-23(15-24(34(27)32-17-31-28)20-10-11-22(36)14-20)18-6-8-19(9-7-18)26-25-16-38-13-12-33(25)35(29(26)37)21-4-2-1-3-5-21/h1-9,15,17,20,22,36H,10-14,16H2,(H2,30,31,32). The highest BCUT2D eigenvalue weighted by Gasteiger charge is 2.29. The lowest BCUT2D eigenvalue weighted by Crippen LogP contribution is -2.26. The lowest BCUT2D eigenvalue weighted by Gasteiger charge is -2.19. The fourth-order valence-corrected chi connectivity index (χ4v) is 6.05. The van der Waals surface area contributed by atoms with Gasteiger partial charge in [-0.25, -0.2) is 14.2 Å². The molecule has 2 aromatic carbocycles. The summed E-state index contributed by atoms with van der Waals surface area (Å²) in [6.45, 7) is 1.57. The molecule has 0 radical (unpaired) electrons. The lowest BCUT2D eigenvalue weighted by atomic mass is 9.99. The average molecular weight is 509 g/mol. The van der Waals surface area contributed by atoms with Crippen molar-refractivity contribution in [3.63, 3.8) is 0 Å². The van der Waals surface area contributed by atoms with Crippen molar-refractivity contribution in [3.8, 4) is 27.9 Å². The number of anilines is 1. The molecule has 1 saturated carbocycles. The van der Waals surface area contributed by atoms with Crippen molar-refractivity contribution in [2.45, 2.75) is 44.4 Å². The van der Waals surface area contributed by atoms with Gasteiger partial charge in [-0.2, -0.15) is 5.10 Å². The van der Waals surface area contributed by atoms with Gasteiger partial charge in [0.05, 0.1) is 42.8 Å². The molecule has 0 saturated heterocycles. The molecule has 0 bridgehead atoms. The number of nitrogens with two attached hydrogens (primary N) is 1. The number of ether oxygens (including phenoxy) is 1. The fraction of sp³-hybridized carbons (Fsp3) is 0.276. The van der Waals surface area contributed by atoms with E-state index in [1.54, 1.807) is 4.68 Å². The largest absolute Gasteiger partial charge is 0.393 e. The van der Waals surface area contributed by atoms with Gasteiger partial charge < -0.3 is 15.6 Å². The van der Waals surface area contributed by atoms with E-state index in [0.717, 1.165) is 52.1 Å². The molecule has 1 aliphatic carbocycles. The molecule has 0 spiro atoms. The summed E-state index contributed by atoms with van der Waals surface area (Å²) in [4.78, 5) is 18.0. The molecular weight excluding hydrogens is 480 g/mol. The van der Waals surface area contributed by atoms with E-state index in [9.17, 15) is 9.90 Å². The van der Waals surface area contributed by atoms with Gasteiger partial charge in [0.2, 0.25) is 0 Å². The van der Waals surface area contributed by atoms with E-state index in [1.165, 1.54) is 6.33 Å². The van der Waals surface area contributed by atoms with Crippen LogP contribution in [0, 0.1) is 0 Å². The maximum Gasteiger partial charge on any atom is 0.279 e. The minimum absolute atomic E-state index is 0.0570. The first-order chi connectivity index (χ1) is 18.6. The van der Waals surface area contributed by atoms with E-state index in [1.807, 2.05) is 63.8 Å². The van der Waals surface area contributed by atoms with Crippen LogP contribution in [-0.2, 0) is 17.9 Å². The first-order valence-electron chi connectivity index (χ1n) is 13.0. The predicted octanol–water partition coefficient (Wildman–Crippen LogP) is 3.76. The van der Waals surface area contributed by atoms with Crippen LogP contribution in [0.3, 0.4) is 0 Å². The molecule has 2 aliphatic rings. The molecule has 9 nitrogen and oxygen atoms in total. The summed E-state index contributed by atoms with van der Waals surface area (Å²) in [6, 6.07) is 19.8. The van der Waals surface area contributed by atoms with Crippen LogP contribution in [0.1, 0.15) is 36.6 Å². The summed E-state index contributed by atoms with van der Waals surface area (Å²) in [5.74, 6) is 0.623. The summed E-state index contributed by atoms with van der Waals surface area (Å²) >= 11 is 0. The zero-order valence-corrected chi connectivity index (χ0v) is 20.8. The molecule has 38 heavy (non-hydrogen) atoms. The van der Waals surface area contributed by atoms with E-state index in [-0.39, 0.29) is 17.6 Å². The number of aliphatic hydroxyl groups excluding tert-OH is 1. The molecule has 1 aliphatic heterocycles. The SMILES string of the molecule is Nc1ncnn2c(C3CCC(O)C3)cc(-c3ccc(-c4c5n(n(-c6ccccc6)c4=O)CCOC5)cc3)c12. The van der Waals surface area contributed by atoms with Crippen LogP contribution in [0.4, 0.5) is 5.82 Å². The minimum atomic E-state index is -0.287. The van der Waals surface area contributed by atoms with Crippen molar-refractivity contribution >= 4 is 11.3 Å². The summed E-state index contributed by atoms with van der Waals surface area (Å²) < 4.78 is 11.4. The molecular formula is C29H28N6O3. The van der Waals surface area contributed by atoms with Gasteiger partial charge in [-0.3, -0.25) is 9.48 Å². The van der Waals surface area contributed by atoms with Gasteiger partial charge in [0.1, 0.15) is 11.8 Å². The van der Waals surface area contributed by atoms with E-state index in [2.05, 4.69) is 16.1 Å². The van der Waals surface area contributed by atoms with Crippen molar-refractivity contribution < 1.29 is 9.84 Å². The van der Waals surface area contributed by atoms with Crippen molar-refractivity contribution in [1.82, 2.24) is 24.0 Å². The molecule has 7 rings (SSSR count). The molecule has 1 fully saturated rings. The lowest BCUT2D eigenvalue weighted by molar-refractivity contribution is 0.0775. The van der Waals surface area contributed by atoms with Crippen LogP contribution in [0.2, 0.25) is 0 Å². The van der Waals surface area contributed by atoms with Gasteiger partial charge >= 0.3 is 0 Å². The van der Waals surface area contributed by atoms with Gasteiger partial charge in [0, 0.05) is 17.2 Å². The number of benzene rings is 2. The molecule has 192 valence electrons. The third-order valence-corrected chi connectivity index (χ3v) is 7.85. The van der Waals surface area contributed by atoms with Crippen LogP contribution in [0.25, 0.3) is 33.5 Å². The Kier molecular flexibility index (Phi) is 5.41. The van der Waals surface area contributed by atoms with Crippen molar-refractivity contribution in [3.05, 3.63) is 88.7 Å². The Morgan fingerprint density at radius 2 is 1.82 bits per heavy atom. The Hall–Kier alpha value is -4.21. The fourth-order valence-electron chi connectivity index (χ4n) is 6.05. The van der Waals surface area contributed by atoms with Gasteiger partial charge in [-0.05, 0) is 48.6 Å². The number of hydrogen-bond donors (Lipinski definition) is 2. The summed E-state index contributed by atoms with van der Waals surface area (Å²) in [5, 5.41) is 14.6. The second-order valence-electron chi connectivity index (χ2n) is 10.1. The van der Waals surface area contributed by atoms with Crippen LogP contribution in [-0.4, -0.2) is 41.8 Å². The Balaban J connectivity index is 1.33. The van der Waals surface area contributed by atoms with E-state index >= 15 is 0 Å². The molecule has 5 aromatic rings. The highest BCUT2D eigenvalue weighted by atomic mass is 16.5. The summed E-state index contributed by atoms with van der Waals surface area (Å²) in [5.41, 5.74) is 13.2. The maximum atomic E-state index is 13.7. The molecule has 2 unspecified atom stereocenters. The van der Waals surface area contributed by atoms with Crippen LogP contribution in [0.5, 0.6) is 0 Å². The number of para-hydroxylation sites is 1. The second-order valence-corrected chi connectivity index (χ2v) is 10.1. The molecule has 9 heteroatoms. The van der Waals surface area contributed by atoms with Crippen LogP contribution >= 0.6 is 0 Å². The normalized spacial score (nSPS) is 19.2. The Labute approximate surface area is 218 Å². The number of rotatable bonds is 4. The Morgan fingerprint density at radius 3 is 2.58 bits per heavy atom. The maximum absolute atomic E-state index is 13.7. The highest BCUT2D eigenvalue weighted by molar-refractivity contribution is 5.89. The smallest absolute Gasteiger partial charge is 0.279 e. The quantitative estimate of drug-likeness (QED) is 0.382. The first-order valence-corrected chi connectivity index (χ1v) is 13.0. The predicted molar refractivity (Wildman–Crippen MR) is 144 cm³/mol. The first kappa shape index (κ1) is 22.9. The Bertz CT molecular complexity index is 1700. The molecule has 4 heterocycles. The molecule has 2 atom stereocenters. The third-order valence-electron chi connectivity index (χ3n) is 7.85. The van der Waals surface area contributed by atoms with Crippen molar-refractivity contribution in [2.24, 2.45) is 0 Å². The second kappa shape index (κ2) is 8.97. The van der Waals surface area contributed by atoms with E-state index in [0.29, 0.717) is 37.6 Å². The number of hydrogen-bond acceptors (Lipinski definition) is 6. The molecule has 0 amide bonds. The Morgan fingerprint density at radius 1 is 1.03 bits per heavy atom. The van der Waals surface area contributed by atoms with E-state index < -0.39 is 0 Å². The van der Waals surface area contributed by atoms with Crippen LogP contribution < -0.4 is 11.3 Å². The van der Waals surface area contributed by atoms with Gasteiger partial charge in [0.25, 0.3) is 5.56 Å². The topological polar surface area (TPSA) is 113 Å². The molecule has 3 N–H and O–H groups in total. The monoisotopic (exact) mass is 508 g/mol. The number of aromatic nitrogens is 5. The average Bonchev–Trinajstić information content (AvgIpc) is 3.63. The van der Waals surface area contributed by atoms with Crippen LogP contribution in [0.15, 0.2) is 71.8 Å². The van der Waals surface area contributed by atoms with Gasteiger partial charge in [-0.1, -0.05) is 42.5 Å². The van der Waals surface area contributed by atoms with Crippen molar-refractivity contribution in [1.29, 1.82) is 0 Å². The van der Waals surface area contributed by atoms with Gasteiger partial charge in [-0.15, -0.1) is 0 Å². The summed E-state index contributed by atoms with van der Waals surface area (Å²) in [7, 11) is 0. The van der Waals surface area contributed by atoms with E-state index in [4.69, 9.17) is 10.5 Å². The van der Waals surface area contributed by atoms with Crippen molar-refractivity contribution in [2.75, 3.05) is 12.3 Å². The zero-order chi connectivity index (χ0) is 25.8. The number of aliphatic hydroxyl groups is 1. The third kappa shape index (κ3) is 3.58. The zero-order valence-electron chi connectivity index (χ0n) is 20.8. The number of nitrogens with zero attached hydrogens (tertiary/aromatic N) is 5. The number of nitrogen functional groups attached to an aromatic ring is 1. The highest BCUT2D eigenvalue weighted by Crippen LogP contribution is 2.40.